The minimum Gasteiger partial charge on any atom is -0.333 e. The SMILES string of the molecule is CC1CNCCN1C(=O)c1ccc(S(=O)(=O)N(C)C2CCCCC2)cc1. The molecule has 1 saturated carbocycles. The molecule has 1 atom stereocenters. The zero-order valence-corrected chi connectivity index (χ0v) is 16.5. The van der Waals surface area contributed by atoms with Crippen LogP contribution in [0.25, 0.3) is 0 Å². The second-order valence-electron chi connectivity index (χ2n) is 7.39. The molecule has 6 nitrogen and oxygen atoms in total. The normalized spacial score (nSPS) is 22.6. The second kappa shape index (κ2) is 8.06. The Morgan fingerprint density at radius 3 is 2.42 bits per heavy atom. The molecule has 144 valence electrons. The van der Waals surface area contributed by atoms with E-state index in [4.69, 9.17) is 0 Å². The zero-order chi connectivity index (χ0) is 18.7. The molecule has 1 saturated heterocycles. The summed E-state index contributed by atoms with van der Waals surface area (Å²) in [6, 6.07) is 6.62. The molecule has 1 aliphatic heterocycles. The molecule has 1 unspecified atom stereocenters. The van der Waals surface area contributed by atoms with Crippen molar-refractivity contribution < 1.29 is 13.2 Å². The molecule has 1 aromatic carbocycles. The summed E-state index contributed by atoms with van der Waals surface area (Å²) in [5.74, 6) is -0.0383. The zero-order valence-electron chi connectivity index (χ0n) is 15.6. The van der Waals surface area contributed by atoms with E-state index in [0.717, 1.165) is 38.8 Å². The molecular weight excluding hydrogens is 350 g/mol. The lowest BCUT2D eigenvalue weighted by Crippen LogP contribution is -2.52. The highest BCUT2D eigenvalue weighted by Crippen LogP contribution is 2.26. The maximum Gasteiger partial charge on any atom is 0.254 e. The van der Waals surface area contributed by atoms with Crippen molar-refractivity contribution in [2.24, 2.45) is 0 Å². The van der Waals surface area contributed by atoms with Crippen LogP contribution in [0, 0.1) is 0 Å². The third-order valence-electron chi connectivity index (χ3n) is 5.63. The van der Waals surface area contributed by atoms with Crippen LogP contribution < -0.4 is 5.32 Å². The fourth-order valence-corrected chi connectivity index (χ4v) is 5.30. The Labute approximate surface area is 156 Å². The van der Waals surface area contributed by atoms with E-state index in [-0.39, 0.29) is 22.9 Å². The van der Waals surface area contributed by atoms with Crippen molar-refractivity contribution in [3.05, 3.63) is 29.8 Å². The van der Waals surface area contributed by atoms with E-state index in [9.17, 15) is 13.2 Å². The summed E-state index contributed by atoms with van der Waals surface area (Å²) in [5.41, 5.74) is 0.540. The van der Waals surface area contributed by atoms with Gasteiger partial charge in [-0.2, -0.15) is 4.31 Å². The smallest absolute Gasteiger partial charge is 0.254 e. The molecule has 0 radical (unpaired) electrons. The number of rotatable bonds is 4. The van der Waals surface area contributed by atoms with Gasteiger partial charge in [0.15, 0.2) is 0 Å². The quantitative estimate of drug-likeness (QED) is 0.870. The van der Waals surface area contributed by atoms with E-state index < -0.39 is 10.0 Å². The molecule has 1 aromatic rings. The Bertz CT molecular complexity index is 727. The average Bonchev–Trinajstić information content (AvgIpc) is 2.68. The molecule has 0 spiro atoms. The fraction of sp³-hybridized carbons (Fsp3) is 0.632. The van der Waals surface area contributed by atoms with Gasteiger partial charge in [-0.25, -0.2) is 8.42 Å². The summed E-state index contributed by atoms with van der Waals surface area (Å²) in [6.07, 6.45) is 5.20. The van der Waals surface area contributed by atoms with Crippen molar-refractivity contribution in [3.8, 4) is 0 Å². The van der Waals surface area contributed by atoms with Gasteiger partial charge < -0.3 is 10.2 Å². The van der Waals surface area contributed by atoms with Crippen LogP contribution in [0.1, 0.15) is 49.4 Å². The molecular formula is C19H29N3O3S. The van der Waals surface area contributed by atoms with Crippen molar-refractivity contribution in [2.75, 3.05) is 26.7 Å². The Morgan fingerprint density at radius 2 is 1.81 bits per heavy atom. The summed E-state index contributed by atoms with van der Waals surface area (Å²) < 4.78 is 27.3. The summed E-state index contributed by atoms with van der Waals surface area (Å²) in [5, 5.41) is 3.26. The molecule has 2 fully saturated rings. The Hall–Kier alpha value is -1.44. The minimum atomic E-state index is -3.52. The molecule has 0 aromatic heterocycles. The van der Waals surface area contributed by atoms with Crippen LogP contribution in [0.4, 0.5) is 0 Å². The van der Waals surface area contributed by atoms with Crippen molar-refractivity contribution >= 4 is 15.9 Å². The van der Waals surface area contributed by atoms with E-state index in [0.29, 0.717) is 12.1 Å². The van der Waals surface area contributed by atoms with Crippen LogP contribution >= 0.6 is 0 Å². The summed E-state index contributed by atoms with van der Waals surface area (Å²) in [7, 11) is -1.84. The first-order valence-electron chi connectivity index (χ1n) is 9.51. The van der Waals surface area contributed by atoms with Crippen LogP contribution in [0.3, 0.4) is 0 Å². The van der Waals surface area contributed by atoms with Gasteiger partial charge in [-0.15, -0.1) is 0 Å². The van der Waals surface area contributed by atoms with Crippen LogP contribution in [0.5, 0.6) is 0 Å². The van der Waals surface area contributed by atoms with Crippen molar-refractivity contribution in [1.82, 2.24) is 14.5 Å². The summed E-state index contributed by atoms with van der Waals surface area (Å²) in [4.78, 5) is 14.8. The molecule has 1 N–H and O–H groups in total. The van der Waals surface area contributed by atoms with Gasteiger partial charge in [0.05, 0.1) is 4.90 Å². The van der Waals surface area contributed by atoms with Gasteiger partial charge in [-0.1, -0.05) is 19.3 Å². The Kier molecular flexibility index (Phi) is 5.99. The number of hydrogen-bond acceptors (Lipinski definition) is 4. The number of nitrogens with zero attached hydrogens (tertiary/aromatic N) is 2. The largest absolute Gasteiger partial charge is 0.333 e. The van der Waals surface area contributed by atoms with E-state index >= 15 is 0 Å². The molecule has 1 aliphatic carbocycles. The van der Waals surface area contributed by atoms with Gasteiger partial charge in [0.2, 0.25) is 10.0 Å². The van der Waals surface area contributed by atoms with Gasteiger partial charge in [-0.05, 0) is 44.0 Å². The van der Waals surface area contributed by atoms with Crippen LogP contribution in [-0.2, 0) is 10.0 Å². The van der Waals surface area contributed by atoms with Gasteiger partial charge >= 0.3 is 0 Å². The predicted molar refractivity (Wildman–Crippen MR) is 102 cm³/mol. The van der Waals surface area contributed by atoms with E-state index in [1.54, 1.807) is 31.3 Å². The molecule has 1 heterocycles. The number of amides is 1. The van der Waals surface area contributed by atoms with Gasteiger partial charge in [0.1, 0.15) is 0 Å². The van der Waals surface area contributed by atoms with Gasteiger partial charge in [-0.3, -0.25) is 4.79 Å². The van der Waals surface area contributed by atoms with Gasteiger partial charge in [0.25, 0.3) is 5.91 Å². The number of piperazine rings is 1. The highest BCUT2D eigenvalue weighted by atomic mass is 32.2. The number of nitrogens with one attached hydrogen (secondary N) is 1. The first-order chi connectivity index (χ1) is 12.4. The standard InChI is InChI=1S/C19H29N3O3S/c1-15-14-20-12-13-22(15)19(23)16-8-10-18(11-9-16)26(24,25)21(2)17-6-4-3-5-7-17/h8-11,15,17,20H,3-7,12-14H2,1-2H3. The van der Waals surface area contributed by atoms with Crippen molar-refractivity contribution in [1.29, 1.82) is 0 Å². The predicted octanol–water partition coefficient (Wildman–Crippen LogP) is 2.07. The number of benzene rings is 1. The number of sulfonamides is 1. The topological polar surface area (TPSA) is 69.7 Å². The summed E-state index contributed by atoms with van der Waals surface area (Å²) >= 11 is 0. The Morgan fingerprint density at radius 1 is 1.15 bits per heavy atom. The first kappa shape index (κ1) is 19.3. The number of carbonyl (C=O) groups is 1. The van der Waals surface area contributed by atoms with E-state index in [2.05, 4.69) is 5.32 Å². The second-order valence-corrected chi connectivity index (χ2v) is 9.39. The van der Waals surface area contributed by atoms with E-state index in [1.165, 1.54) is 10.7 Å². The monoisotopic (exact) mass is 379 g/mol. The van der Waals surface area contributed by atoms with E-state index in [1.807, 2.05) is 11.8 Å². The van der Waals surface area contributed by atoms with Crippen LogP contribution in [0.2, 0.25) is 0 Å². The van der Waals surface area contributed by atoms with Crippen molar-refractivity contribution in [3.63, 3.8) is 0 Å². The van der Waals surface area contributed by atoms with Crippen LogP contribution in [0.15, 0.2) is 29.2 Å². The molecule has 26 heavy (non-hydrogen) atoms. The third-order valence-corrected chi connectivity index (χ3v) is 7.55. The molecule has 1 amide bonds. The highest BCUT2D eigenvalue weighted by Gasteiger charge is 2.29. The lowest BCUT2D eigenvalue weighted by atomic mass is 9.96. The van der Waals surface area contributed by atoms with Crippen molar-refractivity contribution in [2.45, 2.75) is 56.0 Å². The maximum absolute atomic E-state index is 12.9. The Balaban J connectivity index is 1.74. The lowest BCUT2D eigenvalue weighted by Gasteiger charge is -2.34. The average molecular weight is 380 g/mol. The fourth-order valence-electron chi connectivity index (χ4n) is 3.89. The first-order valence-corrected chi connectivity index (χ1v) is 10.9. The maximum atomic E-state index is 12.9. The van der Waals surface area contributed by atoms with Crippen LogP contribution in [-0.4, -0.2) is 62.3 Å². The molecule has 7 heteroatoms. The minimum absolute atomic E-state index is 0.0383. The molecule has 3 rings (SSSR count). The third kappa shape index (κ3) is 3.94. The molecule has 0 bridgehead atoms. The highest BCUT2D eigenvalue weighted by molar-refractivity contribution is 7.89. The number of hydrogen-bond donors (Lipinski definition) is 1. The molecule has 2 aliphatic rings. The van der Waals surface area contributed by atoms with Gasteiger partial charge in [0, 0.05) is 44.3 Å². The number of carbonyl (C=O) groups excluding carboxylic acids is 1. The summed E-state index contributed by atoms with van der Waals surface area (Å²) in [6.45, 7) is 4.26. The lowest BCUT2D eigenvalue weighted by molar-refractivity contribution is 0.0655.